The van der Waals surface area contributed by atoms with Crippen LogP contribution in [0.4, 0.5) is 15.9 Å². The van der Waals surface area contributed by atoms with Gasteiger partial charge in [-0.3, -0.25) is 4.57 Å². The summed E-state index contributed by atoms with van der Waals surface area (Å²) in [5.74, 6) is 0.689. The Morgan fingerprint density at radius 1 is 1.04 bits per heavy atom. The Balaban J connectivity index is 1.81. The van der Waals surface area contributed by atoms with Crippen molar-refractivity contribution in [2.45, 2.75) is 6.92 Å². The first-order chi connectivity index (χ1) is 13.5. The van der Waals surface area contributed by atoms with Gasteiger partial charge in [0, 0.05) is 10.7 Å². The van der Waals surface area contributed by atoms with Crippen LogP contribution in [0.25, 0.3) is 17.0 Å². The monoisotopic (exact) mass is 417 g/mol. The highest BCUT2D eigenvalue weighted by molar-refractivity contribution is 6.31. The van der Waals surface area contributed by atoms with Crippen molar-refractivity contribution >= 4 is 45.7 Å². The fourth-order valence-corrected chi connectivity index (χ4v) is 3.16. The number of nitrogens with zero attached hydrogens (tertiary/aromatic N) is 4. The predicted octanol–water partition coefficient (Wildman–Crippen LogP) is 5.32. The topological polar surface area (TPSA) is 64.9 Å². The number of nitrogens with one attached hydrogen (secondary N) is 1. The minimum Gasteiger partial charge on any atom is -0.497 e. The van der Waals surface area contributed by atoms with Crippen molar-refractivity contribution in [2.24, 2.45) is 0 Å². The van der Waals surface area contributed by atoms with Crippen molar-refractivity contribution in [1.29, 1.82) is 0 Å². The van der Waals surface area contributed by atoms with Gasteiger partial charge in [0.15, 0.2) is 11.0 Å². The summed E-state index contributed by atoms with van der Waals surface area (Å²) in [4.78, 5) is 12.9. The Kier molecular flexibility index (Phi) is 4.78. The largest absolute Gasteiger partial charge is 0.497 e. The normalized spacial score (nSPS) is 11.0. The molecule has 142 valence electrons. The maximum atomic E-state index is 14.5. The molecular formula is C19H14Cl2FN5O. The van der Waals surface area contributed by atoms with E-state index in [1.54, 1.807) is 61.1 Å². The third kappa shape index (κ3) is 3.34. The summed E-state index contributed by atoms with van der Waals surface area (Å²) in [5.41, 5.74) is 2.04. The lowest BCUT2D eigenvalue weighted by Gasteiger charge is -2.11. The smallest absolute Gasteiger partial charge is 0.239 e. The Bertz CT molecular complexity index is 1180. The Labute approximate surface area is 169 Å². The van der Waals surface area contributed by atoms with Crippen LogP contribution in [0, 0.1) is 12.7 Å². The molecule has 4 aromatic rings. The fraction of sp³-hybridized carbons (Fsp3) is 0.105. The van der Waals surface area contributed by atoms with Gasteiger partial charge in [0.2, 0.25) is 11.8 Å². The molecule has 0 spiro atoms. The number of methoxy groups -OCH3 is 1. The molecule has 6 nitrogen and oxygen atoms in total. The molecule has 9 heteroatoms. The van der Waals surface area contributed by atoms with Crippen LogP contribution in [-0.2, 0) is 0 Å². The maximum absolute atomic E-state index is 14.5. The number of hydrogen-bond donors (Lipinski definition) is 1. The van der Waals surface area contributed by atoms with Crippen molar-refractivity contribution in [3.8, 4) is 11.7 Å². The number of imidazole rings is 1. The van der Waals surface area contributed by atoms with Gasteiger partial charge < -0.3 is 10.1 Å². The summed E-state index contributed by atoms with van der Waals surface area (Å²) in [7, 11) is 1.57. The third-order valence-corrected chi connectivity index (χ3v) is 4.62. The van der Waals surface area contributed by atoms with Crippen molar-refractivity contribution in [3.05, 3.63) is 64.3 Å². The van der Waals surface area contributed by atoms with Crippen LogP contribution in [0.5, 0.6) is 5.75 Å². The molecule has 0 aliphatic heterocycles. The minimum atomic E-state index is -0.749. The molecular weight excluding hydrogens is 404 g/mol. The van der Waals surface area contributed by atoms with Gasteiger partial charge >= 0.3 is 0 Å². The molecule has 0 amide bonds. The summed E-state index contributed by atoms with van der Waals surface area (Å²) in [6.45, 7) is 1.80. The highest BCUT2D eigenvalue weighted by Gasteiger charge is 2.18. The van der Waals surface area contributed by atoms with Crippen LogP contribution in [0.3, 0.4) is 0 Å². The number of aryl methyl sites for hydroxylation is 1. The number of aromatic nitrogens is 4. The van der Waals surface area contributed by atoms with Gasteiger partial charge in [-0.1, -0.05) is 23.2 Å². The predicted molar refractivity (Wildman–Crippen MR) is 108 cm³/mol. The standard InChI is InChI=1S/C19H14Cl2FN5O/c1-10-23-14-8-3-11(20)9-15(14)27(10)19-25-17(21)16(22)18(26-19)24-12-4-6-13(28-2)7-5-12/h3-9H,1-2H3,(H,24,25,26). The van der Waals surface area contributed by atoms with Gasteiger partial charge in [0.25, 0.3) is 0 Å². The average molecular weight is 418 g/mol. The second-order valence-corrected chi connectivity index (χ2v) is 6.75. The highest BCUT2D eigenvalue weighted by Crippen LogP contribution is 2.28. The van der Waals surface area contributed by atoms with Crippen molar-refractivity contribution < 1.29 is 9.13 Å². The lowest BCUT2D eigenvalue weighted by molar-refractivity contribution is 0.415. The lowest BCUT2D eigenvalue weighted by atomic mass is 10.3. The molecule has 2 aromatic carbocycles. The minimum absolute atomic E-state index is 0.0524. The lowest BCUT2D eigenvalue weighted by Crippen LogP contribution is -2.08. The van der Waals surface area contributed by atoms with E-state index in [1.807, 2.05) is 0 Å². The zero-order valence-corrected chi connectivity index (χ0v) is 16.4. The summed E-state index contributed by atoms with van der Waals surface area (Å²) in [6, 6.07) is 12.3. The number of anilines is 2. The second kappa shape index (κ2) is 7.26. The number of ether oxygens (including phenoxy) is 1. The van der Waals surface area contributed by atoms with Crippen LogP contribution in [-0.4, -0.2) is 26.6 Å². The van der Waals surface area contributed by atoms with E-state index < -0.39 is 5.82 Å². The number of fused-ring (bicyclic) bond motifs is 1. The van der Waals surface area contributed by atoms with Crippen LogP contribution in [0.15, 0.2) is 42.5 Å². The fourth-order valence-electron chi connectivity index (χ4n) is 2.82. The van der Waals surface area contributed by atoms with Gasteiger partial charge in [-0.05, 0) is 49.4 Å². The molecule has 0 fully saturated rings. The van der Waals surface area contributed by atoms with E-state index in [2.05, 4.69) is 20.3 Å². The molecule has 28 heavy (non-hydrogen) atoms. The van der Waals surface area contributed by atoms with Gasteiger partial charge in [-0.2, -0.15) is 14.4 Å². The average Bonchev–Trinajstić information content (AvgIpc) is 3.01. The first kappa shape index (κ1) is 18.5. The van der Waals surface area contributed by atoms with Crippen LogP contribution >= 0.6 is 23.2 Å². The molecule has 0 aliphatic carbocycles. The quantitative estimate of drug-likeness (QED) is 0.455. The molecule has 0 radical (unpaired) electrons. The molecule has 0 atom stereocenters. The molecule has 0 bridgehead atoms. The summed E-state index contributed by atoms with van der Waals surface area (Å²) < 4.78 is 21.3. The third-order valence-electron chi connectivity index (χ3n) is 4.14. The first-order valence-electron chi connectivity index (χ1n) is 8.25. The molecule has 2 aromatic heterocycles. The number of hydrogen-bond acceptors (Lipinski definition) is 5. The van der Waals surface area contributed by atoms with E-state index in [-0.39, 0.29) is 16.9 Å². The van der Waals surface area contributed by atoms with Gasteiger partial charge in [-0.25, -0.2) is 4.98 Å². The summed E-state index contributed by atoms with van der Waals surface area (Å²) in [5, 5.41) is 3.16. The Hall–Kier alpha value is -2.90. The molecule has 0 saturated heterocycles. The van der Waals surface area contributed by atoms with Crippen molar-refractivity contribution in [1.82, 2.24) is 19.5 Å². The van der Waals surface area contributed by atoms with Crippen LogP contribution < -0.4 is 10.1 Å². The zero-order valence-electron chi connectivity index (χ0n) is 14.9. The Morgan fingerprint density at radius 3 is 2.50 bits per heavy atom. The molecule has 4 rings (SSSR count). The molecule has 1 N–H and O–H groups in total. The molecule has 0 saturated carbocycles. The Morgan fingerprint density at radius 2 is 1.79 bits per heavy atom. The molecule has 2 heterocycles. The number of halogens is 3. The van der Waals surface area contributed by atoms with Crippen LogP contribution in [0.1, 0.15) is 5.82 Å². The van der Waals surface area contributed by atoms with E-state index in [1.165, 1.54) is 0 Å². The number of benzene rings is 2. The van der Waals surface area contributed by atoms with E-state index in [0.29, 0.717) is 27.8 Å². The molecule has 0 aliphatic rings. The van der Waals surface area contributed by atoms with E-state index in [4.69, 9.17) is 27.9 Å². The second-order valence-electron chi connectivity index (χ2n) is 5.96. The first-order valence-corrected chi connectivity index (χ1v) is 9.01. The van der Waals surface area contributed by atoms with Gasteiger partial charge in [-0.15, -0.1) is 0 Å². The van der Waals surface area contributed by atoms with Gasteiger partial charge in [0.05, 0.1) is 18.1 Å². The maximum Gasteiger partial charge on any atom is 0.239 e. The molecule has 0 unspecified atom stereocenters. The highest BCUT2D eigenvalue weighted by atomic mass is 35.5. The van der Waals surface area contributed by atoms with Gasteiger partial charge in [0.1, 0.15) is 11.6 Å². The summed E-state index contributed by atoms with van der Waals surface area (Å²) >= 11 is 12.2. The summed E-state index contributed by atoms with van der Waals surface area (Å²) in [6.07, 6.45) is 0. The van der Waals surface area contributed by atoms with E-state index in [9.17, 15) is 4.39 Å². The van der Waals surface area contributed by atoms with Crippen molar-refractivity contribution in [2.75, 3.05) is 12.4 Å². The SMILES string of the molecule is COc1ccc(Nc2nc(-n3c(C)nc4ccc(Cl)cc43)nc(Cl)c2F)cc1. The van der Waals surface area contributed by atoms with E-state index in [0.717, 1.165) is 5.52 Å². The van der Waals surface area contributed by atoms with Crippen LogP contribution in [0.2, 0.25) is 10.2 Å². The van der Waals surface area contributed by atoms with E-state index >= 15 is 0 Å². The number of rotatable bonds is 4. The van der Waals surface area contributed by atoms with Crippen molar-refractivity contribution in [3.63, 3.8) is 0 Å². The zero-order chi connectivity index (χ0) is 19.8.